The van der Waals surface area contributed by atoms with Crippen LogP contribution in [0.3, 0.4) is 0 Å². The van der Waals surface area contributed by atoms with Crippen LogP contribution in [-0.2, 0) is 11.3 Å². The molecule has 1 N–H and O–H groups in total. The Kier molecular flexibility index (Phi) is 3.55. The number of hydrogen-bond acceptors (Lipinski definition) is 4. The minimum absolute atomic E-state index is 0.139. The Balaban J connectivity index is 1.72. The molecule has 0 saturated carbocycles. The number of para-hydroxylation sites is 2. The maximum atomic E-state index is 11.9. The predicted molar refractivity (Wildman–Crippen MR) is 77.2 cm³/mol. The van der Waals surface area contributed by atoms with Crippen molar-refractivity contribution in [3.05, 3.63) is 34.8 Å². The molecule has 21 heavy (non-hydrogen) atoms. The van der Waals surface area contributed by atoms with E-state index in [9.17, 15) is 9.59 Å². The highest BCUT2D eigenvalue weighted by Crippen LogP contribution is 2.23. The summed E-state index contributed by atoms with van der Waals surface area (Å²) in [5.74, 6) is -1.28. The third-order valence-electron chi connectivity index (χ3n) is 4.22. The Bertz CT molecular complexity index is 718. The molecule has 2 heterocycles. The zero-order valence-corrected chi connectivity index (χ0v) is 11.9. The van der Waals surface area contributed by atoms with Crippen molar-refractivity contribution in [2.24, 2.45) is 11.8 Å². The quantitative estimate of drug-likeness (QED) is 0.917. The number of carboxylic acids is 1. The van der Waals surface area contributed by atoms with Crippen LogP contribution in [0.2, 0.25) is 0 Å². The number of oxazole rings is 1. The van der Waals surface area contributed by atoms with Gasteiger partial charge in [-0.3, -0.25) is 9.36 Å². The zero-order valence-electron chi connectivity index (χ0n) is 11.9. The number of benzene rings is 1. The summed E-state index contributed by atoms with van der Waals surface area (Å²) >= 11 is 0. The smallest absolute Gasteiger partial charge is 0.419 e. The van der Waals surface area contributed by atoms with Crippen molar-refractivity contribution in [3.8, 4) is 0 Å². The van der Waals surface area contributed by atoms with Gasteiger partial charge in [-0.15, -0.1) is 0 Å². The molecule has 1 aromatic carbocycles. The van der Waals surface area contributed by atoms with Crippen molar-refractivity contribution in [1.29, 1.82) is 0 Å². The van der Waals surface area contributed by atoms with Crippen LogP contribution in [-0.4, -0.2) is 40.2 Å². The number of likely N-dealkylation sites (tertiary alicyclic amines) is 1. The molecule has 1 aliphatic rings. The Labute approximate surface area is 121 Å². The number of nitrogens with zero attached hydrogens (tertiary/aromatic N) is 2. The van der Waals surface area contributed by atoms with E-state index in [4.69, 9.17) is 9.52 Å². The van der Waals surface area contributed by atoms with Crippen molar-refractivity contribution in [1.82, 2.24) is 9.47 Å². The largest absolute Gasteiger partial charge is 0.481 e. The first-order chi connectivity index (χ1) is 10.1. The van der Waals surface area contributed by atoms with Crippen LogP contribution in [0.25, 0.3) is 11.1 Å². The monoisotopic (exact) mass is 290 g/mol. The highest BCUT2D eigenvalue weighted by molar-refractivity contribution is 5.72. The van der Waals surface area contributed by atoms with E-state index < -0.39 is 5.97 Å². The molecule has 0 bridgehead atoms. The van der Waals surface area contributed by atoms with Crippen LogP contribution in [0.4, 0.5) is 0 Å². The third-order valence-corrected chi connectivity index (χ3v) is 4.22. The van der Waals surface area contributed by atoms with Gasteiger partial charge in [0.2, 0.25) is 0 Å². The second-order valence-electron chi connectivity index (χ2n) is 5.67. The van der Waals surface area contributed by atoms with Gasteiger partial charge >= 0.3 is 11.7 Å². The number of carbonyl (C=O) groups is 1. The summed E-state index contributed by atoms with van der Waals surface area (Å²) in [6.45, 7) is 4.41. The summed E-state index contributed by atoms with van der Waals surface area (Å²) in [7, 11) is 0. The number of aromatic nitrogens is 1. The maximum absolute atomic E-state index is 11.9. The molecular formula is C15H18N2O4. The van der Waals surface area contributed by atoms with Crippen molar-refractivity contribution in [3.63, 3.8) is 0 Å². The van der Waals surface area contributed by atoms with Crippen LogP contribution >= 0.6 is 0 Å². The first kappa shape index (κ1) is 13.9. The number of fused-ring (bicyclic) bond motifs is 1. The van der Waals surface area contributed by atoms with Crippen LogP contribution in [0.1, 0.15) is 6.92 Å². The molecule has 0 spiro atoms. The number of hydrogen-bond donors (Lipinski definition) is 1. The Hall–Kier alpha value is -2.08. The molecule has 112 valence electrons. The van der Waals surface area contributed by atoms with Crippen molar-refractivity contribution < 1.29 is 14.3 Å². The van der Waals surface area contributed by atoms with Crippen molar-refractivity contribution in [2.75, 3.05) is 19.6 Å². The van der Waals surface area contributed by atoms with E-state index in [0.717, 1.165) is 12.1 Å². The lowest BCUT2D eigenvalue weighted by molar-refractivity contribution is -0.142. The first-order valence-electron chi connectivity index (χ1n) is 7.10. The van der Waals surface area contributed by atoms with Gasteiger partial charge in [0.1, 0.15) is 0 Å². The van der Waals surface area contributed by atoms with Gasteiger partial charge in [0.25, 0.3) is 0 Å². The van der Waals surface area contributed by atoms with Crippen LogP contribution in [0, 0.1) is 11.8 Å². The average molecular weight is 290 g/mol. The van der Waals surface area contributed by atoms with Gasteiger partial charge in [0.15, 0.2) is 5.58 Å². The molecular weight excluding hydrogens is 272 g/mol. The summed E-state index contributed by atoms with van der Waals surface area (Å²) in [6, 6.07) is 7.32. The molecule has 0 aliphatic carbocycles. The lowest BCUT2D eigenvalue weighted by Crippen LogP contribution is -2.29. The fourth-order valence-corrected chi connectivity index (χ4v) is 3.04. The second-order valence-corrected chi connectivity index (χ2v) is 5.67. The van der Waals surface area contributed by atoms with E-state index in [1.807, 2.05) is 25.1 Å². The van der Waals surface area contributed by atoms with Crippen LogP contribution in [0.5, 0.6) is 0 Å². The maximum Gasteiger partial charge on any atom is 0.419 e. The minimum atomic E-state index is -0.740. The summed E-state index contributed by atoms with van der Waals surface area (Å²) < 4.78 is 6.79. The van der Waals surface area contributed by atoms with E-state index in [1.165, 1.54) is 0 Å². The van der Waals surface area contributed by atoms with Crippen molar-refractivity contribution >= 4 is 17.1 Å². The molecule has 2 aromatic rings. The van der Waals surface area contributed by atoms with Gasteiger partial charge in [-0.2, -0.15) is 0 Å². The standard InChI is InChI=1S/C15H18N2O4/c1-10-8-16(9-11(10)14(18)19)6-7-17-12-4-2-3-5-13(12)21-15(17)20/h2-5,10-11H,6-9H2,1H3,(H,18,19)/t10-,11-/m1/s1. The summed E-state index contributed by atoms with van der Waals surface area (Å²) in [6.07, 6.45) is 0. The molecule has 1 aliphatic heterocycles. The molecule has 1 aromatic heterocycles. The lowest BCUT2D eigenvalue weighted by atomic mass is 9.99. The molecule has 1 saturated heterocycles. The average Bonchev–Trinajstić information content (AvgIpc) is 2.96. The second kappa shape index (κ2) is 5.37. The molecule has 6 nitrogen and oxygen atoms in total. The minimum Gasteiger partial charge on any atom is -0.481 e. The molecule has 0 unspecified atom stereocenters. The van der Waals surface area contributed by atoms with Crippen molar-refractivity contribution in [2.45, 2.75) is 13.5 Å². The molecule has 3 rings (SSSR count). The van der Waals surface area contributed by atoms with Gasteiger partial charge < -0.3 is 14.4 Å². The fourth-order valence-electron chi connectivity index (χ4n) is 3.04. The van der Waals surface area contributed by atoms with Crippen LogP contribution < -0.4 is 5.76 Å². The Morgan fingerprint density at radius 1 is 1.33 bits per heavy atom. The van der Waals surface area contributed by atoms with E-state index >= 15 is 0 Å². The lowest BCUT2D eigenvalue weighted by Gasteiger charge is -2.15. The first-order valence-corrected chi connectivity index (χ1v) is 7.10. The molecule has 1 fully saturated rings. The summed E-state index contributed by atoms with van der Waals surface area (Å²) in [5, 5.41) is 9.14. The highest BCUT2D eigenvalue weighted by atomic mass is 16.4. The summed E-state index contributed by atoms with van der Waals surface area (Å²) in [5.41, 5.74) is 1.37. The predicted octanol–water partition coefficient (Wildman–Crippen LogP) is 1.25. The van der Waals surface area contributed by atoms with Gasteiger partial charge in [-0.05, 0) is 18.1 Å². The van der Waals surface area contributed by atoms with E-state index in [1.54, 1.807) is 10.6 Å². The van der Waals surface area contributed by atoms with Gasteiger partial charge in [0, 0.05) is 26.2 Å². The zero-order chi connectivity index (χ0) is 15.0. The molecule has 0 radical (unpaired) electrons. The number of carboxylic acid groups (broad SMARTS) is 1. The van der Waals surface area contributed by atoms with Gasteiger partial charge in [0.05, 0.1) is 11.4 Å². The topological polar surface area (TPSA) is 75.7 Å². The molecule has 2 atom stereocenters. The SMILES string of the molecule is C[C@@H]1CN(CCn2c(=O)oc3ccccc32)C[C@H]1C(=O)O. The van der Waals surface area contributed by atoms with Crippen LogP contribution in [0.15, 0.2) is 33.5 Å². The third kappa shape index (κ3) is 2.58. The molecule has 6 heteroatoms. The van der Waals surface area contributed by atoms with E-state index in [-0.39, 0.29) is 17.6 Å². The molecule has 0 amide bonds. The van der Waals surface area contributed by atoms with Gasteiger partial charge in [-0.25, -0.2) is 4.79 Å². The summed E-state index contributed by atoms with van der Waals surface area (Å²) in [4.78, 5) is 25.1. The number of rotatable bonds is 4. The normalized spacial score (nSPS) is 22.9. The highest BCUT2D eigenvalue weighted by Gasteiger charge is 2.34. The number of aliphatic carboxylic acids is 1. The van der Waals surface area contributed by atoms with Gasteiger partial charge in [-0.1, -0.05) is 19.1 Å². The van der Waals surface area contributed by atoms with E-state index in [0.29, 0.717) is 25.2 Å². The Morgan fingerprint density at radius 3 is 2.81 bits per heavy atom. The Morgan fingerprint density at radius 2 is 2.10 bits per heavy atom. The van der Waals surface area contributed by atoms with E-state index in [2.05, 4.69) is 4.90 Å². The fraction of sp³-hybridized carbons (Fsp3) is 0.467.